The number of aryl methyl sites for hydroxylation is 1. The third-order valence-electron chi connectivity index (χ3n) is 7.99. The molecule has 4 aromatic carbocycles. The number of hydrogen-bond acceptors (Lipinski definition) is 10. The number of H-pyrrole nitrogens is 1. The van der Waals surface area contributed by atoms with E-state index in [0.717, 1.165) is 28.6 Å². The summed E-state index contributed by atoms with van der Waals surface area (Å²) < 4.78 is 0. The number of aliphatic imine (C=N–C) groups is 3. The Morgan fingerprint density at radius 3 is 1.58 bits per heavy atom. The fourth-order valence-electron chi connectivity index (χ4n) is 5.05. The molecule has 0 fully saturated rings. The molecule has 0 aliphatic rings. The smallest absolute Gasteiger partial charge is 0.231 e. The zero-order valence-corrected chi connectivity index (χ0v) is 38.9. The van der Waals surface area contributed by atoms with Crippen molar-refractivity contribution < 1.29 is 0 Å². The SMILES string of the molecule is CC(N)C(N)=NC(=N)N.Cc1ccccc1CC(=N)CC(=N)N.Cl.Cl.N=C(N)CC(=N)Cc1ccccc1.N=C(N)CC(N)=NCCc1ccccc1.NC(N)=Nc1nc2ccccc2[nH]1. The molecule has 0 spiro atoms. The van der Waals surface area contributed by atoms with Crippen molar-refractivity contribution in [2.24, 2.45) is 66.6 Å². The molecule has 0 aliphatic carbocycles. The summed E-state index contributed by atoms with van der Waals surface area (Å²) in [7, 11) is 0. The molecule has 1 unspecified atom stereocenters. The first-order chi connectivity index (χ1) is 30.2. The third kappa shape index (κ3) is 29.6. The summed E-state index contributed by atoms with van der Waals surface area (Å²) in [5.41, 5.74) is 54.4. The fraction of sp³-hybridized carbons (Fsp3) is 0.227. The summed E-state index contributed by atoms with van der Waals surface area (Å²) in [4.78, 5) is 18.5. The van der Waals surface area contributed by atoms with E-state index in [1.165, 1.54) is 11.1 Å². The normalized spacial score (nSPS) is 10.6. The van der Waals surface area contributed by atoms with Gasteiger partial charge in [0.05, 0.1) is 41.0 Å². The Kier molecular flexibility index (Phi) is 31.0. The molecule has 5 aromatic rings. The number of nitrogens with zero attached hydrogens (tertiary/aromatic N) is 4. The predicted molar refractivity (Wildman–Crippen MR) is 280 cm³/mol. The van der Waals surface area contributed by atoms with Gasteiger partial charge in [-0.25, -0.2) is 4.98 Å². The van der Waals surface area contributed by atoms with Crippen LogP contribution in [0.2, 0.25) is 0 Å². The van der Waals surface area contributed by atoms with Crippen molar-refractivity contribution in [3.8, 4) is 0 Å². The van der Waals surface area contributed by atoms with Gasteiger partial charge in [0.15, 0.2) is 5.96 Å². The number of aromatic amines is 1. The van der Waals surface area contributed by atoms with Gasteiger partial charge in [-0.1, -0.05) is 97.1 Å². The van der Waals surface area contributed by atoms with Crippen LogP contribution in [0.15, 0.2) is 124 Å². The van der Waals surface area contributed by atoms with E-state index in [2.05, 4.69) is 37.1 Å². The van der Waals surface area contributed by atoms with E-state index < -0.39 is 0 Å². The second-order valence-corrected chi connectivity index (χ2v) is 14.0. The molecule has 0 saturated carbocycles. The molecule has 0 aliphatic heterocycles. The van der Waals surface area contributed by atoms with Gasteiger partial charge in [-0.2, -0.15) is 9.98 Å². The first-order valence-corrected chi connectivity index (χ1v) is 19.8. The summed E-state index contributed by atoms with van der Waals surface area (Å²) in [5, 5.41) is 43.0. The Hall–Kier alpha value is -7.68. The van der Waals surface area contributed by atoms with Gasteiger partial charge in [0, 0.05) is 43.7 Å². The van der Waals surface area contributed by atoms with Gasteiger partial charge in [-0.15, -0.1) is 24.8 Å². The van der Waals surface area contributed by atoms with Crippen molar-refractivity contribution in [1.82, 2.24) is 9.97 Å². The maximum absolute atomic E-state index is 7.63. The Morgan fingerprint density at radius 1 is 0.621 bits per heavy atom. The summed E-state index contributed by atoms with van der Waals surface area (Å²) in [6, 6.07) is 35.1. The highest BCUT2D eigenvalue weighted by Gasteiger charge is 2.04. The second kappa shape index (κ2) is 33.8. The molecule has 0 amide bonds. The molecule has 20 nitrogen and oxygen atoms in total. The van der Waals surface area contributed by atoms with Crippen molar-refractivity contribution in [2.75, 3.05) is 6.54 Å². The molecule has 0 radical (unpaired) electrons. The number of nitrogens with one attached hydrogen (secondary N) is 7. The average molecular weight is 946 g/mol. The Balaban J connectivity index is 0. The number of rotatable bonds is 15. The minimum Gasteiger partial charge on any atom is -0.387 e. The van der Waals surface area contributed by atoms with Crippen molar-refractivity contribution >= 4 is 94.3 Å². The second-order valence-electron chi connectivity index (χ2n) is 14.0. The number of guanidine groups is 2. The molecule has 5 rings (SSSR count). The number of hydrogen-bond donors (Lipinski definition) is 16. The standard InChI is InChI=1S/C11H16N4.C11H15N3.C10H13N3.C8H9N5.C4H11N5.2ClH/c12-10(13)8-11(14)15-7-6-9-4-2-1-3-5-9;1-8-4-2-3-5-9(8)6-10(12)7-11(13)14;11-9(7-10(12)13)6-8-4-2-1-3-5-8;9-7(10)13-8-11-5-3-1-2-4-6(5)12-8;1-2(5)3(6)9-4(7)8;;/h1-5H,6-8H2,(H3,12,13)(H2,14,15);2-5,12H,6-7H2,1H3,(H3,13,14);1-5,11H,6-7H2,(H3,12,13);1-4H,(H5,9,10,11,12,13);2H,5H2,1H3,(H5,6,7,8,9);2*1H. The molecule has 1 aromatic heterocycles. The molecule has 0 bridgehead atoms. The topological polar surface area (TPSA) is 443 Å². The first kappa shape index (κ1) is 60.4. The van der Waals surface area contributed by atoms with Crippen LogP contribution in [0.1, 0.15) is 48.4 Å². The largest absolute Gasteiger partial charge is 0.387 e. The highest BCUT2D eigenvalue weighted by molar-refractivity contribution is 6.01. The van der Waals surface area contributed by atoms with E-state index in [0.29, 0.717) is 42.6 Å². The summed E-state index contributed by atoms with van der Waals surface area (Å²) in [6.07, 6.45) is 2.84. The number of fused-ring (bicyclic) bond motifs is 1. The lowest BCUT2D eigenvalue weighted by molar-refractivity contribution is 0.961. The van der Waals surface area contributed by atoms with Crippen LogP contribution in [0.3, 0.4) is 0 Å². The van der Waals surface area contributed by atoms with Crippen molar-refractivity contribution in [1.29, 1.82) is 32.5 Å². The van der Waals surface area contributed by atoms with Crippen LogP contribution < -0.4 is 51.6 Å². The summed E-state index contributed by atoms with van der Waals surface area (Å²) >= 11 is 0. The average Bonchev–Trinajstić information content (AvgIpc) is 3.61. The zero-order valence-electron chi connectivity index (χ0n) is 37.2. The van der Waals surface area contributed by atoms with Crippen molar-refractivity contribution in [3.63, 3.8) is 0 Å². The summed E-state index contributed by atoms with van der Waals surface area (Å²) in [6.45, 7) is 4.33. The van der Waals surface area contributed by atoms with E-state index in [1.807, 2.05) is 104 Å². The molecule has 25 N–H and O–H groups in total. The number of halogens is 2. The minimum atomic E-state index is -0.339. The molecular formula is C44H66Cl2N20. The quantitative estimate of drug-likeness (QED) is 0.0522. The van der Waals surface area contributed by atoms with Crippen molar-refractivity contribution in [2.45, 2.75) is 58.4 Å². The molecule has 1 atom stereocenters. The van der Waals surface area contributed by atoms with Crippen LogP contribution in [0, 0.1) is 39.4 Å². The molecule has 22 heteroatoms. The highest BCUT2D eigenvalue weighted by atomic mass is 35.5. The Bertz CT molecular complexity index is 2320. The van der Waals surface area contributed by atoms with E-state index in [-0.39, 0.29) is 85.4 Å². The lowest BCUT2D eigenvalue weighted by Gasteiger charge is -2.05. The van der Waals surface area contributed by atoms with Gasteiger partial charge < -0.3 is 67.4 Å². The van der Waals surface area contributed by atoms with Gasteiger partial charge in [0.2, 0.25) is 11.9 Å². The fourth-order valence-corrected chi connectivity index (χ4v) is 5.05. The minimum absolute atomic E-state index is 0. The lowest BCUT2D eigenvalue weighted by Crippen LogP contribution is -2.35. The maximum Gasteiger partial charge on any atom is 0.231 e. The van der Waals surface area contributed by atoms with Crippen LogP contribution in [0.4, 0.5) is 5.95 Å². The van der Waals surface area contributed by atoms with Crippen LogP contribution >= 0.6 is 24.8 Å². The number of benzene rings is 4. The van der Waals surface area contributed by atoms with Gasteiger partial charge in [-0.05, 0) is 54.7 Å². The molecular weight excluding hydrogens is 880 g/mol. The lowest BCUT2D eigenvalue weighted by atomic mass is 10.0. The number of imidazole rings is 1. The molecule has 356 valence electrons. The summed E-state index contributed by atoms with van der Waals surface area (Å²) in [5.74, 6) is 0.895. The van der Waals surface area contributed by atoms with Crippen LogP contribution in [-0.4, -0.2) is 75.1 Å². The monoisotopic (exact) mass is 945 g/mol. The first-order valence-electron chi connectivity index (χ1n) is 19.8. The number of para-hydroxylation sites is 2. The number of nitrogens with two attached hydrogens (primary N) is 9. The van der Waals surface area contributed by atoms with Gasteiger partial charge in [0.1, 0.15) is 11.7 Å². The third-order valence-corrected chi connectivity index (χ3v) is 7.99. The van der Waals surface area contributed by atoms with E-state index in [9.17, 15) is 0 Å². The van der Waals surface area contributed by atoms with Crippen molar-refractivity contribution in [3.05, 3.63) is 131 Å². The van der Waals surface area contributed by atoms with E-state index in [1.54, 1.807) is 6.92 Å². The van der Waals surface area contributed by atoms with Gasteiger partial charge >= 0.3 is 0 Å². The maximum atomic E-state index is 7.63. The Labute approximate surface area is 398 Å². The predicted octanol–water partition coefficient (Wildman–Crippen LogP) is 4.27. The number of aromatic nitrogens is 2. The molecule has 0 saturated heterocycles. The van der Waals surface area contributed by atoms with Crippen LogP contribution in [0.5, 0.6) is 0 Å². The molecule has 1 heterocycles. The van der Waals surface area contributed by atoms with E-state index in [4.69, 9.17) is 84.1 Å². The van der Waals surface area contributed by atoms with E-state index >= 15 is 0 Å². The highest BCUT2D eigenvalue weighted by Crippen LogP contribution is 2.15. The van der Waals surface area contributed by atoms with Crippen LogP contribution in [0.25, 0.3) is 11.0 Å². The molecule has 66 heavy (non-hydrogen) atoms. The van der Waals surface area contributed by atoms with Gasteiger partial charge in [0.25, 0.3) is 0 Å². The number of amidine groups is 5. The van der Waals surface area contributed by atoms with Gasteiger partial charge in [-0.3, -0.25) is 26.6 Å². The Morgan fingerprint density at radius 2 is 1.11 bits per heavy atom. The zero-order chi connectivity index (χ0) is 48.0. The van der Waals surface area contributed by atoms with Crippen LogP contribution in [-0.2, 0) is 19.3 Å².